The van der Waals surface area contributed by atoms with Gasteiger partial charge in [-0.3, -0.25) is 9.59 Å². The molecule has 0 aliphatic heterocycles. The van der Waals surface area contributed by atoms with E-state index in [9.17, 15) is 14.7 Å². The first kappa shape index (κ1) is 16.9. The summed E-state index contributed by atoms with van der Waals surface area (Å²) < 4.78 is 9.61. The number of ether oxygens (including phenoxy) is 2. The van der Waals surface area contributed by atoms with Gasteiger partial charge in [0.05, 0.1) is 25.9 Å². The van der Waals surface area contributed by atoms with Gasteiger partial charge in [-0.25, -0.2) is 0 Å². The summed E-state index contributed by atoms with van der Waals surface area (Å²) in [6, 6.07) is 0. The largest absolute Gasteiger partial charge is 0.465 e. The summed E-state index contributed by atoms with van der Waals surface area (Å²) in [5, 5.41) is 17.8. The van der Waals surface area contributed by atoms with Gasteiger partial charge < -0.3 is 19.7 Å². The molecule has 0 heterocycles. The number of hydrogen-bond donors (Lipinski definition) is 2. The van der Waals surface area contributed by atoms with Gasteiger partial charge in [0.25, 0.3) is 0 Å². The van der Waals surface area contributed by atoms with Gasteiger partial charge in [0.15, 0.2) is 5.92 Å². The highest BCUT2D eigenvalue weighted by Crippen LogP contribution is 2.14. The zero-order chi connectivity index (χ0) is 14.0. The average molecular weight is 262 g/mol. The van der Waals surface area contributed by atoms with Crippen molar-refractivity contribution in [1.82, 2.24) is 0 Å². The molecule has 0 spiro atoms. The fraction of sp³-hybridized carbons (Fsp3) is 0.833. The third kappa shape index (κ3) is 6.56. The van der Waals surface area contributed by atoms with E-state index < -0.39 is 24.0 Å². The van der Waals surface area contributed by atoms with Crippen molar-refractivity contribution in [3.63, 3.8) is 0 Å². The van der Waals surface area contributed by atoms with Crippen LogP contribution in [0.15, 0.2) is 0 Å². The van der Waals surface area contributed by atoms with Crippen LogP contribution in [0.3, 0.4) is 0 Å². The first-order valence-electron chi connectivity index (χ1n) is 6.18. The molecule has 1 atom stereocenters. The molecule has 0 aromatic heterocycles. The van der Waals surface area contributed by atoms with Crippen LogP contribution in [-0.2, 0) is 19.1 Å². The third-order valence-corrected chi connectivity index (χ3v) is 2.38. The van der Waals surface area contributed by atoms with Crippen molar-refractivity contribution in [1.29, 1.82) is 0 Å². The van der Waals surface area contributed by atoms with Crippen LogP contribution in [0.2, 0.25) is 0 Å². The van der Waals surface area contributed by atoms with Crippen molar-refractivity contribution in [2.24, 2.45) is 5.92 Å². The molecule has 0 rings (SSSR count). The standard InChI is InChI=1S/C12H22O6/c1-3-17-11(15)10(12(16)18-4-2)7-5-6-9(14)8-13/h9-10,13-14H,3-8H2,1-2H3. The van der Waals surface area contributed by atoms with Gasteiger partial charge in [0.1, 0.15) is 0 Å². The predicted octanol–water partition coefficient (Wildman–Crippen LogP) is 0.252. The fourth-order valence-electron chi connectivity index (χ4n) is 1.47. The molecule has 1 unspecified atom stereocenters. The van der Waals surface area contributed by atoms with Crippen LogP contribution in [0.4, 0.5) is 0 Å². The van der Waals surface area contributed by atoms with E-state index >= 15 is 0 Å². The molecule has 2 N–H and O–H groups in total. The van der Waals surface area contributed by atoms with Crippen molar-refractivity contribution < 1.29 is 29.3 Å². The smallest absolute Gasteiger partial charge is 0.320 e. The summed E-state index contributed by atoms with van der Waals surface area (Å²) in [7, 11) is 0. The summed E-state index contributed by atoms with van der Waals surface area (Å²) in [4.78, 5) is 23.1. The summed E-state index contributed by atoms with van der Waals surface area (Å²) in [5.74, 6) is -2.15. The molecular weight excluding hydrogens is 240 g/mol. The second-order valence-corrected chi connectivity index (χ2v) is 3.82. The van der Waals surface area contributed by atoms with Crippen LogP contribution in [0.1, 0.15) is 33.1 Å². The molecule has 0 aromatic carbocycles. The fourth-order valence-corrected chi connectivity index (χ4v) is 1.47. The minimum absolute atomic E-state index is 0.202. The first-order chi connectivity index (χ1) is 8.56. The van der Waals surface area contributed by atoms with Crippen LogP contribution in [0, 0.1) is 5.92 Å². The summed E-state index contributed by atoms with van der Waals surface area (Å²) in [5.41, 5.74) is 0. The molecule has 0 radical (unpaired) electrons. The predicted molar refractivity (Wildman–Crippen MR) is 63.7 cm³/mol. The minimum Gasteiger partial charge on any atom is -0.465 e. The molecule has 0 fully saturated rings. The van der Waals surface area contributed by atoms with Crippen LogP contribution >= 0.6 is 0 Å². The molecule has 0 aromatic rings. The molecule has 0 bridgehead atoms. The first-order valence-corrected chi connectivity index (χ1v) is 6.18. The van der Waals surface area contributed by atoms with E-state index in [0.29, 0.717) is 12.8 Å². The molecule has 106 valence electrons. The van der Waals surface area contributed by atoms with Gasteiger partial charge in [-0.1, -0.05) is 0 Å². The topological polar surface area (TPSA) is 93.1 Å². The molecule has 18 heavy (non-hydrogen) atoms. The Morgan fingerprint density at radius 2 is 1.56 bits per heavy atom. The number of carbonyl (C=O) groups excluding carboxylic acids is 2. The maximum atomic E-state index is 11.6. The van der Waals surface area contributed by atoms with E-state index in [-0.39, 0.29) is 26.2 Å². The van der Waals surface area contributed by atoms with Crippen molar-refractivity contribution >= 4 is 11.9 Å². The van der Waals surface area contributed by atoms with Crippen molar-refractivity contribution in [3.05, 3.63) is 0 Å². The Labute approximate surface area is 107 Å². The van der Waals surface area contributed by atoms with E-state index in [1.165, 1.54) is 0 Å². The van der Waals surface area contributed by atoms with E-state index in [2.05, 4.69) is 0 Å². The van der Waals surface area contributed by atoms with Crippen LogP contribution in [-0.4, -0.2) is 48.1 Å². The maximum Gasteiger partial charge on any atom is 0.320 e. The lowest BCUT2D eigenvalue weighted by Gasteiger charge is -2.14. The van der Waals surface area contributed by atoms with Gasteiger partial charge in [0, 0.05) is 0 Å². The molecular formula is C12H22O6. The van der Waals surface area contributed by atoms with Crippen LogP contribution < -0.4 is 0 Å². The van der Waals surface area contributed by atoms with E-state index in [0.717, 1.165) is 0 Å². The van der Waals surface area contributed by atoms with Crippen LogP contribution in [0.5, 0.6) is 0 Å². The normalized spacial score (nSPS) is 12.3. The SMILES string of the molecule is CCOC(=O)C(CCCC(O)CO)C(=O)OCC. The molecule has 6 heteroatoms. The number of esters is 2. The monoisotopic (exact) mass is 262 g/mol. The second-order valence-electron chi connectivity index (χ2n) is 3.82. The highest BCUT2D eigenvalue weighted by molar-refractivity contribution is 5.94. The summed E-state index contributed by atoms with van der Waals surface area (Å²) >= 11 is 0. The van der Waals surface area contributed by atoms with E-state index in [1.807, 2.05) is 0 Å². The maximum absolute atomic E-state index is 11.6. The zero-order valence-electron chi connectivity index (χ0n) is 10.9. The Morgan fingerprint density at radius 3 is 1.94 bits per heavy atom. The molecule has 0 aliphatic rings. The van der Waals surface area contributed by atoms with E-state index in [1.54, 1.807) is 13.8 Å². The minimum atomic E-state index is -0.948. The van der Waals surface area contributed by atoms with Crippen LogP contribution in [0.25, 0.3) is 0 Å². The number of rotatable bonds is 9. The van der Waals surface area contributed by atoms with Gasteiger partial charge in [0.2, 0.25) is 0 Å². The molecule has 0 amide bonds. The van der Waals surface area contributed by atoms with Crippen molar-refractivity contribution in [3.8, 4) is 0 Å². The Bertz CT molecular complexity index is 235. The highest BCUT2D eigenvalue weighted by Gasteiger charge is 2.29. The Kier molecular flexibility index (Phi) is 9.22. The number of hydrogen-bond acceptors (Lipinski definition) is 6. The quantitative estimate of drug-likeness (QED) is 0.457. The Morgan fingerprint density at radius 1 is 1.06 bits per heavy atom. The molecule has 0 aliphatic carbocycles. The third-order valence-electron chi connectivity index (χ3n) is 2.38. The van der Waals surface area contributed by atoms with E-state index in [4.69, 9.17) is 14.6 Å². The van der Waals surface area contributed by atoms with Crippen molar-refractivity contribution in [2.75, 3.05) is 19.8 Å². The lowest BCUT2D eigenvalue weighted by Crippen LogP contribution is -2.28. The molecule has 0 saturated carbocycles. The number of aliphatic hydroxyl groups is 2. The average Bonchev–Trinajstić information content (AvgIpc) is 2.34. The van der Waals surface area contributed by atoms with Gasteiger partial charge >= 0.3 is 11.9 Å². The molecule has 6 nitrogen and oxygen atoms in total. The Hall–Kier alpha value is -1.14. The highest BCUT2D eigenvalue weighted by atomic mass is 16.6. The zero-order valence-corrected chi connectivity index (χ0v) is 10.9. The Balaban J connectivity index is 4.29. The van der Waals surface area contributed by atoms with Gasteiger partial charge in [-0.2, -0.15) is 0 Å². The molecule has 0 saturated heterocycles. The lowest BCUT2D eigenvalue weighted by molar-refractivity contribution is -0.162. The van der Waals surface area contributed by atoms with Gasteiger partial charge in [-0.05, 0) is 33.1 Å². The lowest BCUT2D eigenvalue weighted by atomic mass is 10.0. The van der Waals surface area contributed by atoms with Gasteiger partial charge in [-0.15, -0.1) is 0 Å². The summed E-state index contributed by atoms with van der Waals surface area (Å²) in [6.07, 6.45) is 0.180. The summed E-state index contributed by atoms with van der Waals surface area (Å²) in [6.45, 7) is 3.40. The second kappa shape index (κ2) is 9.85. The van der Waals surface area contributed by atoms with Crippen molar-refractivity contribution in [2.45, 2.75) is 39.2 Å². The number of aliphatic hydroxyl groups excluding tert-OH is 2. The number of carbonyl (C=O) groups is 2.